The van der Waals surface area contributed by atoms with E-state index in [0.29, 0.717) is 24.2 Å². The molecule has 3 heterocycles. The summed E-state index contributed by atoms with van der Waals surface area (Å²) in [5, 5.41) is 0.757. The van der Waals surface area contributed by atoms with Gasteiger partial charge >= 0.3 is 0 Å². The number of nitrogens with zero attached hydrogens (tertiary/aromatic N) is 3. The lowest BCUT2D eigenvalue weighted by molar-refractivity contribution is -0.133. The van der Waals surface area contributed by atoms with E-state index in [2.05, 4.69) is 63.1 Å². The van der Waals surface area contributed by atoms with Gasteiger partial charge in [-0.2, -0.15) is 0 Å². The molecule has 1 atom stereocenters. The Bertz CT molecular complexity index is 1020. The van der Waals surface area contributed by atoms with E-state index in [9.17, 15) is 4.79 Å². The predicted molar refractivity (Wildman–Crippen MR) is 143 cm³/mol. The van der Waals surface area contributed by atoms with Crippen LogP contribution in [0.3, 0.4) is 0 Å². The number of hydrogen-bond acceptors (Lipinski definition) is 3. The third-order valence-corrected chi connectivity index (χ3v) is 8.67. The monoisotopic (exact) mass is 541 g/mol. The number of pyridine rings is 1. The lowest BCUT2D eigenvalue weighted by Crippen LogP contribution is -2.40. The molecule has 1 unspecified atom stereocenters. The average molecular weight is 543 g/mol. The summed E-state index contributed by atoms with van der Waals surface area (Å²) >= 11 is 9.93. The molecule has 6 heteroatoms. The Labute approximate surface area is 216 Å². The summed E-state index contributed by atoms with van der Waals surface area (Å²) in [5.74, 6) is 1.71. The Hall–Kier alpha value is -1.69. The van der Waals surface area contributed by atoms with Gasteiger partial charge in [0.25, 0.3) is 0 Å². The minimum Gasteiger partial charge on any atom is -0.343 e. The topological polar surface area (TPSA) is 36.4 Å². The zero-order valence-electron chi connectivity index (χ0n) is 19.9. The predicted octanol–water partition coefficient (Wildman–Crippen LogP) is 6.47. The van der Waals surface area contributed by atoms with Gasteiger partial charge < -0.3 is 9.80 Å². The molecule has 1 aromatic heterocycles. The van der Waals surface area contributed by atoms with Crippen molar-refractivity contribution in [1.82, 2.24) is 14.8 Å². The van der Waals surface area contributed by atoms with Gasteiger partial charge in [0.05, 0.1) is 5.69 Å². The van der Waals surface area contributed by atoms with Gasteiger partial charge in [0.15, 0.2) is 0 Å². The molecule has 1 aliphatic carbocycles. The fourth-order valence-electron chi connectivity index (χ4n) is 5.95. The van der Waals surface area contributed by atoms with Crippen molar-refractivity contribution in [3.63, 3.8) is 0 Å². The molecule has 0 N–H and O–H groups in total. The van der Waals surface area contributed by atoms with E-state index in [0.717, 1.165) is 53.1 Å². The van der Waals surface area contributed by atoms with E-state index in [-0.39, 0.29) is 5.92 Å². The average Bonchev–Trinajstić information content (AvgIpc) is 3.00. The lowest BCUT2D eigenvalue weighted by atomic mass is 9.76. The Morgan fingerprint density at radius 2 is 1.79 bits per heavy atom. The van der Waals surface area contributed by atoms with Crippen molar-refractivity contribution in [1.29, 1.82) is 0 Å². The van der Waals surface area contributed by atoms with E-state index in [1.54, 1.807) is 0 Å². The van der Waals surface area contributed by atoms with Crippen LogP contribution in [0, 0.1) is 11.8 Å². The highest BCUT2D eigenvalue weighted by atomic mass is 79.9. The fraction of sp³-hybridized carbons (Fsp3) is 0.500. The molecular weight excluding hydrogens is 510 g/mol. The number of piperidine rings is 2. The van der Waals surface area contributed by atoms with Gasteiger partial charge in [-0.15, -0.1) is 0 Å². The summed E-state index contributed by atoms with van der Waals surface area (Å²) in [6.07, 6.45) is 12.4. The highest BCUT2D eigenvalue weighted by Gasteiger charge is 2.34. The number of likely N-dealkylation sites (tertiary alicyclic amines) is 2. The van der Waals surface area contributed by atoms with E-state index < -0.39 is 0 Å². The maximum Gasteiger partial charge on any atom is 0.222 e. The van der Waals surface area contributed by atoms with Crippen molar-refractivity contribution in [2.75, 3.05) is 33.2 Å². The summed E-state index contributed by atoms with van der Waals surface area (Å²) in [5.41, 5.74) is 4.75. The molecule has 180 valence electrons. The molecule has 1 aromatic carbocycles. The van der Waals surface area contributed by atoms with Gasteiger partial charge in [-0.1, -0.05) is 29.8 Å². The first-order valence-electron chi connectivity index (χ1n) is 12.6. The highest BCUT2D eigenvalue weighted by molar-refractivity contribution is 9.10. The first-order chi connectivity index (χ1) is 16.5. The Morgan fingerprint density at radius 1 is 1.06 bits per heavy atom. The van der Waals surface area contributed by atoms with Gasteiger partial charge in [0.1, 0.15) is 0 Å². The molecular formula is C28H33BrClN3O. The Morgan fingerprint density at radius 3 is 2.56 bits per heavy atom. The number of benzene rings is 1. The molecule has 0 bridgehead atoms. The largest absolute Gasteiger partial charge is 0.343 e. The second-order valence-corrected chi connectivity index (χ2v) is 11.6. The second-order valence-electron chi connectivity index (χ2n) is 10.2. The number of carbonyl (C=O) groups is 1. The first kappa shape index (κ1) is 24.0. The van der Waals surface area contributed by atoms with Crippen molar-refractivity contribution in [3.8, 4) is 0 Å². The molecule has 3 aliphatic rings. The van der Waals surface area contributed by atoms with Gasteiger partial charge in [0.2, 0.25) is 5.91 Å². The molecule has 0 radical (unpaired) electrons. The van der Waals surface area contributed by atoms with Crippen LogP contribution in [0.1, 0.15) is 66.8 Å². The second kappa shape index (κ2) is 10.5. The third-order valence-electron chi connectivity index (χ3n) is 8.01. The maximum atomic E-state index is 13.0. The van der Waals surface area contributed by atoms with Gasteiger partial charge in [-0.3, -0.25) is 9.78 Å². The number of aromatic nitrogens is 1. The molecule has 4 nitrogen and oxygen atoms in total. The molecule has 0 saturated carbocycles. The number of hydrogen-bond donors (Lipinski definition) is 0. The number of amides is 1. The molecule has 0 spiro atoms. The zero-order chi connectivity index (χ0) is 23.7. The molecule has 2 saturated heterocycles. The van der Waals surface area contributed by atoms with E-state index in [1.807, 2.05) is 12.3 Å². The fourth-order valence-corrected chi connectivity index (χ4v) is 6.48. The maximum absolute atomic E-state index is 13.0. The summed E-state index contributed by atoms with van der Waals surface area (Å²) in [7, 11) is 2.19. The van der Waals surface area contributed by atoms with Crippen molar-refractivity contribution < 1.29 is 4.79 Å². The van der Waals surface area contributed by atoms with Crippen molar-refractivity contribution in [2.24, 2.45) is 11.8 Å². The summed E-state index contributed by atoms with van der Waals surface area (Å²) in [4.78, 5) is 22.4. The van der Waals surface area contributed by atoms with Crippen LogP contribution in [-0.2, 0) is 4.79 Å². The first-order valence-corrected chi connectivity index (χ1v) is 13.7. The molecule has 2 aliphatic heterocycles. The number of rotatable bonds is 4. The normalized spacial score (nSPS) is 21.7. The minimum absolute atomic E-state index is 0.210. The van der Waals surface area contributed by atoms with Crippen LogP contribution < -0.4 is 0 Å². The van der Waals surface area contributed by atoms with Crippen LogP contribution in [0.15, 0.2) is 34.9 Å². The van der Waals surface area contributed by atoms with E-state index >= 15 is 0 Å². The van der Waals surface area contributed by atoms with Gasteiger partial charge in [-0.25, -0.2) is 0 Å². The van der Waals surface area contributed by atoms with Crippen molar-refractivity contribution >= 4 is 45.6 Å². The standard InChI is InChI=1S/C28H33BrClN3O/c1-32-12-8-19(9-13-32)2-7-26(34)33-14-10-20(11-15-33)27-25-6-5-24(30)17-21(25)3-4-22-16-23(29)18-31-28(22)27/h3-6,16-20,27H,2,7-15H2,1H3. The molecule has 5 rings (SSSR count). The quantitative estimate of drug-likeness (QED) is 0.444. The molecule has 34 heavy (non-hydrogen) atoms. The van der Waals surface area contributed by atoms with Crippen LogP contribution in [0.5, 0.6) is 0 Å². The van der Waals surface area contributed by atoms with E-state index in [1.165, 1.54) is 37.1 Å². The molecule has 2 fully saturated rings. The van der Waals surface area contributed by atoms with Crippen LogP contribution in [0.2, 0.25) is 5.02 Å². The van der Waals surface area contributed by atoms with Gasteiger partial charge in [0, 0.05) is 41.1 Å². The Balaban J connectivity index is 1.28. The SMILES string of the molecule is CN1CCC(CCC(=O)N2CCC(C3c4ccc(Cl)cc4C=Cc4cc(Br)cnc43)CC2)CC1. The van der Waals surface area contributed by atoms with Crippen molar-refractivity contribution in [2.45, 2.75) is 44.4 Å². The zero-order valence-corrected chi connectivity index (χ0v) is 22.2. The highest BCUT2D eigenvalue weighted by Crippen LogP contribution is 2.43. The summed E-state index contributed by atoms with van der Waals surface area (Å²) in [6.45, 7) is 4.02. The number of fused-ring (bicyclic) bond motifs is 2. The van der Waals surface area contributed by atoms with Gasteiger partial charge in [-0.05, 0) is 115 Å². The number of carbonyl (C=O) groups excluding carboxylic acids is 1. The van der Waals surface area contributed by atoms with Crippen LogP contribution in [0.25, 0.3) is 12.2 Å². The Kier molecular flexibility index (Phi) is 7.43. The molecule has 2 aromatic rings. The molecule has 1 amide bonds. The van der Waals surface area contributed by atoms with E-state index in [4.69, 9.17) is 16.6 Å². The van der Waals surface area contributed by atoms with Crippen LogP contribution in [-0.4, -0.2) is 53.9 Å². The lowest BCUT2D eigenvalue weighted by Gasteiger charge is -2.37. The minimum atomic E-state index is 0.210. The van der Waals surface area contributed by atoms with Crippen molar-refractivity contribution in [3.05, 3.63) is 62.3 Å². The third kappa shape index (κ3) is 5.27. The van der Waals surface area contributed by atoms with Crippen LogP contribution >= 0.6 is 27.5 Å². The smallest absolute Gasteiger partial charge is 0.222 e. The summed E-state index contributed by atoms with van der Waals surface area (Å²) in [6, 6.07) is 8.38. The number of halogens is 2. The van der Waals surface area contributed by atoms with Crippen LogP contribution in [0.4, 0.5) is 0 Å². The summed E-state index contributed by atoms with van der Waals surface area (Å²) < 4.78 is 0.990.